The molecule has 1 amide bonds. The van der Waals surface area contributed by atoms with Gasteiger partial charge in [-0.05, 0) is 47.5 Å². The number of carbonyl (C=O) groups is 1. The van der Waals surface area contributed by atoms with Gasteiger partial charge in [-0.1, -0.05) is 35.9 Å². The molecule has 36 heavy (non-hydrogen) atoms. The van der Waals surface area contributed by atoms with Crippen LogP contribution < -0.4 is 10.2 Å². The number of aromatic nitrogens is 2. The molecule has 0 radical (unpaired) electrons. The van der Waals surface area contributed by atoms with Crippen LogP contribution in [0.2, 0.25) is 5.02 Å². The third kappa shape index (κ3) is 3.90. The smallest absolute Gasteiger partial charge is 0.227 e. The van der Waals surface area contributed by atoms with Gasteiger partial charge in [-0.3, -0.25) is 4.79 Å². The molecule has 0 spiro atoms. The second kappa shape index (κ2) is 9.19. The summed E-state index contributed by atoms with van der Waals surface area (Å²) in [6.45, 7) is 3.99. The van der Waals surface area contributed by atoms with Crippen molar-refractivity contribution < 1.29 is 14.3 Å². The summed E-state index contributed by atoms with van der Waals surface area (Å²) in [4.78, 5) is 25.5. The zero-order valence-corrected chi connectivity index (χ0v) is 20.3. The number of hydrogen-bond donors (Lipinski definition) is 2. The maximum absolute atomic E-state index is 16.0. The summed E-state index contributed by atoms with van der Waals surface area (Å²) in [7, 11) is 0. The second-order valence-corrected chi connectivity index (χ2v) is 9.76. The number of rotatable bonds is 3. The average Bonchev–Trinajstić information content (AvgIpc) is 3.43. The molecule has 9 heteroatoms. The van der Waals surface area contributed by atoms with Crippen molar-refractivity contribution in [3.05, 3.63) is 59.6 Å². The number of anilines is 1. The maximum atomic E-state index is 16.0. The van der Waals surface area contributed by atoms with Crippen molar-refractivity contribution in [1.82, 2.24) is 20.2 Å². The molecule has 7 nitrogen and oxygen atoms in total. The molecule has 2 aliphatic heterocycles. The van der Waals surface area contributed by atoms with Gasteiger partial charge in [0.1, 0.15) is 23.4 Å². The van der Waals surface area contributed by atoms with E-state index in [4.69, 9.17) is 11.6 Å². The standard InChI is InChI=1S/C27H25ClFN5O2/c28-22-13-21-25(24(29)23(22)20-12-18(35)11-16-3-1-2-4-19(16)20)31-15-32-26(21)33-7-9-34(10-8-33)27(36)17-5-6-30-14-17/h1-4,11-13,15,17,30,35H,5-10,14H2. The summed E-state index contributed by atoms with van der Waals surface area (Å²) in [6, 6.07) is 12.3. The molecular weight excluding hydrogens is 481 g/mol. The van der Waals surface area contributed by atoms with Crippen LogP contribution in [0, 0.1) is 11.7 Å². The van der Waals surface area contributed by atoms with Crippen LogP contribution >= 0.6 is 11.6 Å². The van der Waals surface area contributed by atoms with E-state index in [9.17, 15) is 9.90 Å². The first-order valence-electron chi connectivity index (χ1n) is 12.1. The Labute approximate surface area is 212 Å². The summed E-state index contributed by atoms with van der Waals surface area (Å²) in [6.07, 6.45) is 2.24. The molecule has 1 atom stereocenters. The molecule has 0 saturated carbocycles. The second-order valence-electron chi connectivity index (χ2n) is 9.36. The fraction of sp³-hybridized carbons (Fsp3) is 0.296. The summed E-state index contributed by atoms with van der Waals surface area (Å²) < 4.78 is 16.0. The number of fused-ring (bicyclic) bond motifs is 2. The van der Waals surface area contributed by atoms with Crippen LogP contribution in [-0.4, -0.2) is 65.2 Å². The van der Waals surface area contributed by atoms with Gasteiger partial charge in [0.15, 0.2) is 5.82 Å². The van der Waals surface area contributed by atoms with E-state index in [0.717, 1.165) is 30.3 Å². The molecule has 184 valence electrons. The highest BCUT2D eigenvalue weighted by atomic mass is 35.5. The lowest BCUT2D eigenvalue weighted by molar-refractivity contribution is -0.135. The van der Waals surface area contributed by atoms with E-state index >= 15 is 4.39 Å². The van der Waals surface area contributed by atoms with Crippen molar-refractivity contribution in [3.8, 4) is 16.9 Å². The normalized spacial score (nSPS) is 18.3. The minimum absolute atomic E-state index is 0.0310. The van der Waals surface area contributed by atoms with Gasteiger partial charge in [0.25, 0.3) is 0 Å². The van der Waals surface area contributed by atoms with Gasteiger partial charge in [-0.25, -0.2) is 14.4 Å². The molecule has 2 saturated heterocycles. The number of nitrogens with zero attached hydrogens (tertiary/aromatic N) is 4. The SMILES string of the molecule is O=C(C1CCNC1)N1CCN(c2ncnc3c(F)c(-c4cc(O)cc5ccccc45)c(Cl)cc23)CC1. The summed E-state index contributed by atoms with van der Waals surface area (Å²) >= 11 is 6.69. The number of phenolic OH excluding ortho intramolecular Hbond substituents is 1. The van der Waals surface area contributed by atoms with Crippen molar-refractivity contribution >= 4 is 45.0 Å². The van der Waals surface area contributed by atoms with E-state index < -0.39 is 5.82 Å². The number of phenols is 1. The third-order valence-electron chi connectivity index (χ3n) is 7.22. The molecule has 1 unspecified atom stereocenters. The number of benzene rings is 3. The Bertz CT molecular complexity index is 1480. The Kier molecular flexibility index (Phi) is 5.85. The first-order valence-corrected chi connectivity index (χ1v) is 12.5. The Hall–Kier alpha value is -3.49. The van der Waals surface area contributed by atoms with Gasteiger partial charge in [-0.2, -0.15) is 0 Å². The maximum Gasteiger partial charge on any atom is 0.227 e. The molecule has 6 rings (SSSR count). The highest BCUT2D eigenvalue weighted by molar-refractivity contribution is 6.35. The van der Waals surface area contributed by atoms with Crippen molar-refractivity contribution in [2.45, 2.75) is 6.42 Å². The minimum Gasteiger partial charge on any atom is -0.508 e. The summed E-state index contributed by atoms with van der Waals surface area (Å²) in [5, 5.41) is 15.8. The highest BCUT2D eigenvalue weighted by Crippen LogP contribution is 2.41. The van der Waals surface area contributed by atoms with Gasteiger partial charge < -0.3 is 20.2 Å². The monoisotopic (exact) mass is 505 g/mol. The summed E-state index contributed by atoms with van der Waals surface area (Å²) in [5.41, 5.74) is 0.868. The zero-order chi connectivity index (χ0) is 24.8. The van der Waals surface area contributed by atoms with Crippen molar-refractivity contribution in [3.63, 3.8) is 0 Å². The predicted molar refractivity (Wildman–Crippen MR) is 139 cm³/mol. The van der Waals surface area contributed by atoms with E-state index in [1.54, 1.807) is 12.1 Å². The molecule has 3 heterocycles. The molecule has 2 aliphatic rings. The van der Waals surface area contributed by atoms with E-state index in [0.29, 0.717) is 42.9 Å². The Balaban J connectivity index is 1.36. The van der Waals surface area contributed by atoms with Crippen LogP contribution in [0.25, 0.3) is 32.8 Å². The Morgan fingerprint density at radius 1 is 1.08 bits per heavy atom. The topological polar surface area (TPSA) is 81.6 Å². The fourth-order valence-corrected chi connectivity index (χ4v) is 5.67. The third-order valence-corrected chi connectivity index (χ3v) is 7.51. The van der Waals surface area contributed by atoms with Gasteiger partial charge in [-0.15, -0.1) is 0 Å². The van der Waals surface area contributed by atoms with Crippen LogP contribution in [-0.2, 0) is 4.79 Å². The van der Waals surface area contributed by atoms with Gasteiger partial charge in [0.2, 0.25) is 5.91 Å². The number of nitrogens with one attached hydrogen (secondary N) is 1. The lowest BCUT2D eigenvalue weighted by Crippen LogP contribution is -2.51. The number of aromatic hydroxyl groups is 1. The molecular formula is C27H25ClFN5O2. The molecule has 0 bridgehead atoms. The lowest BCUT2D eigenvalue weighted by Gasteiger charge is -2.36. The molecule has 2 N–H and O–H groups in total. The molecule has 1 aromatic heterocycles. The quantitative estimate of drug-likeness (QED) is 0.434. The number of carbonyl (C=O) groups excluding carboxylic acids is 1. The Morgan fingerprint density at radius 2 is 1.89 bits per heavy atom. The number of amides is 1. The number of hydrogen-bond acceptors (Lipinski definition) is 6. The molecule has 3 aromatic carbocycles. The van der Waals surface area contributed by atoms with Crippen LogP contribution in [0.4, 0.5) is 10.2 Å². The van der Waals surface area contributed by atoms with E-state index in [1.807, 2.05) is 29.2 Å². The molecule has 4 aromatic rings. The first kappa shape index (κ1) is 22.9. The predicted octanol–water partition coefficient (Wildman–Crippen LogP) is 4.21. The summed E-state index contributed by atoms with van der Waals surface area (Å²) in [5.74, 6) is 0.325. The zero-order valence-electron chi connectivity index (χ0n) is 19.5. The molecule has 2 fully saturated rings. The Morgan fingerprint density at radius 3 is 2.67 bits per heavy atom. The number of piperazine rings is 1. The lowest BCUT2D eigenvalue weighted by atomic mass is 9.96. The van der Waals surface area contributed by atoms with Gasteiger partial charge in [0.05, 0.1) is 10.9 Å². The first-order chi connectivity index (χ1) is 17.5. The highest BCUT2D eigenvalue weighted by Gasteiger charge is 2.30. The van der Waals surface area contributed by atoms with Crippen LogP contribution in [0.1, 0.15) is 6.42 Å². The van der Waals surface area contributed by atoms with Crippen molar-refractivity contribution in [2.75, 3.05) is 44.2 Å². The van der Waals surface area contributed by atoms with Crippen LogP contribution in [0.15, 0.2) is 48.8 Å². The largest absolute Gasteiger partial charge is 0.508 e. The van der Waals surface area contributed by atoms with Crippen LogP contribution in [0.5, 0.6) is 5.75 Å². The number of halogens is 2. The van der Waals surface area contributed by atoms with Crippen LogP contribution in [0.3, 0.4) is 0 Å². The fourth-order valence-electron chi connectivity index (χ4n) is 5.38. The van der Waals surface area contributed by atoms with E-state index in [2.05, 4.69) is 20.2 Å². The minimum atomic E-state index is -0.556. The van der Waals surface area contributed by atoms with Gasteiger partial charge in [0, 0.05) is 43.7 Å². The van der Waals surface area contributed by atoms with E-state index in [1.165, 1.54) is 12.4 Å². The molecule has 0 aliphatic carbocycles. The van der Waals surface area contributed by atoms with Crippen molar-refractivity contribution in [1.29, 1.82) is 0 Å². The van der Waals surface area contributed by atoms with E-state index in [-0.39, 0.29) is 33.7 Å². The average molecular weight is 506 g/mol. The van der Waals surface area contributed by atoms with Gasteiger partial charge >= 0.3 is 0 Å². The van der Waals surface area contributed by atoms with Crippen molar-refractivity contribution in [2.24, 2.45) is 5.92 Å².